The number of ketones is 2. The van der Waals surface area contributed by atoms with Crippen LogP contribution in [0.1, 0.15) is 63.4 Å². The zero-order chi connectivity index (χ0) is 29.1. The van der Waals surface area contributed by atoms with Crippen LogP contribution in [0.15, 0.2) is 47.1 Å². The first-order valence-electron chi connectivity index (χ1n) is 13.2. The molecule has 4 aliphatic rings. The molecule has 0 heterocycles. The summed E-state index contributed by atoms with van der Waals surface area (Å²) in [6.07, 6.45) is -3.87. The molecule has 1 aromatic rings. The smallest absolute Gasteiger partial charge is 0.299 e. The molecule has 0 radical (unpaired) electrons. The van der Waals surface area contributed by atoms with Crippen molar-refractivity contribution in [2.45, 2.75) is 70.1 Å². The number of hydrogen-bond acceptors (Lipinski definition) is 5. The molecule has 5 nitrogen and oxygen atoms in total. The fraction of sp³-hybridized carbons (Fsp3) is 0.571. The van der Waals surface area contributed by atoms with Gasteiger partial charge in [-0.3, -0.25) is 23.2 Å². The minimum atomic E-state index is -4.98. The van der Waals surface area contributed by atoms with Gasteiger partial charge < -0.3 is 0 Å². The number of allylic oxidation sites excluding steroid dienone is 4. The summed E-state index contributed by atoms with van der Waals surface area (Å²) in [5.41, 5.74) is 3.43. The Morgan fingerprint density at radius 2 is 1.52 bits per heavy atom. The molecule has 4 aliphatic carbocycles. The van der Waals surface area contributed by atoms with E-state index in [1.807, 2.05) is 6.92 Å². The SMILES string of the molecule is C[C@]12C[C@H](c3ccc(P(=O)(OCC(F)(F)F)OCC(F)(F)F)cc3)C3=C4CCC(=O)C=C4CC[C@H]3[C@@H]1CCC2=O. The minimum Gasteiger partial charge on any atom is -0.299 e. The Balaban J connectivity index is 1.53. The van der Waals surface area contributed by atoms with Crippen molar-refractivity contribution in [2.75, 3.05) is 13.2 Å². The van der Waals surface area contributed by atoms with Crippen LogP contribution in [0.3, 0.4) is 0 Å². The number of benzene rings is 1. The molecule has 0 bridgehead atoms. The normalized spacial score (nSPS) is 29.2. The fourth-order valence-corrected chi connectivity index (χ4v) is 8.64. The zero-order valence-corrected chi connectivity index (χ0v) is 22.6. The highest BCUT2D eigenvalue weighted by atomic mass is 31.2. The van der Waals surface area contributed by atoms with E-state index in [-0.39, 0.29) is 29.3 Å². The van der Waals surface area contributed by atoms with E-state index in [0.717, 1.165) is 30.4 Å². The molecule has 0 aliphatic heterocycles. The molecule has 0 aromatic heterocycles. The van der Waals surface area contributed by atoms with Crippen LogP contribution in [-0.4, -0.2) is 37.1 Å². The Morgan fingerprint density at radius 3 is 2.12 bits per heavy atom. The van der Waals surface area contributed by atoms with Crippen LogP contribution < -0.4 is 5.30 Å². The van der Waals surface area contributed by atoms with Crippen LogP contribution in [0.25, 0.3) is 0 Å². The summed E-state index contributed by atoms with van der Waals surface area (Å²) >= 11 is 0. The van der Waals surface area contributed by atoms with Gasteiger partial charge in [0.2, 0.25) is 0 Å². The second-order valence-electron chi connectivity index (χ2n) is 11.3. The molecule has 2 saturated carbocycles. The maximum Gasteiger partial charge on any atom is 0.412 e. The Kier molecular flexibility index (Phi) is 7.50. The number of rotatable bonds is 6. The Labute approximate surface area is 227 Å². The van der Waals surface area contributed by atoms with Gasteiger partial charge >= 0.3 is 19.9 Å². The summed E-state index contributed by atoms with van der Waals surface area (Å²) in [6, 6.07) is 5.39. The van der Waals surface area contributed by atoms with Gasteiger partial charge in [0.05, 0.1) is 5.30 Å². The van der Waals surface area contributed by atoms with Gasteiger partial charge in [-0.1, -0.05) is 24.6 Å². The van der Waals surface area contributed by atoms with E-state index in [2.05, 4.69) is 9.05 Å². The molecule has 0 spiro atoms. The van der Waals surface area contributed by atoms with E-state index in [4.69, 9.17) is 0 Å². The molecule has 12 heteroatoms. The highest BCUT2D eigenvalue weighted by Crippen LogP contribution is 2.62. The van der Waals surface area contributed by atoms with Crippen molar-refractivity contribution in [2.24, 2.45) is 17.3 Å². The average Bonchev–Trinajstić information content (AvgIpc) is 3.18. The number of carbonyl (C=O) groups excluding carboxylic acids is 2. The summed E-state index contributed by atoms with van der Waals surface area (Å²) in [5.74, 6) is 0.314. The van der Waals surface area contributed by atoms with E-state index in [1.165, 1.54) is 29.8 Å². The van der Waals surface area contributed by atoms with Crippen LogP contribution in [0.4, 0.5) is 26.3 Å². The maximum atomic E-state index is 13.1. The van der Waals surface area contributed by atoms with E-state index >= 15 is 0 Å². The largest absolute Gasteiger partial charge is 0.412 e. The van der Waals surface area contributed by atoms with Gasteiger partial charge in [0.25, 0.3) is 0 Å². The number of halogens is 6. The van der Waals surface area contributed by atoms with Gasteiger partial charge in [-0.05, 0) is 78.9 Å². The zero-order valence-electron chi connectivity index (χ0n) is 21.7. The number of carbonyl (C=O) groups is 2. The lowest BCUT2D eigenvalue weighted by molar-refractivity contribution is -0.164. The van der Waals surface area contributed by atoms with Crippen LogP contribution in [0, 0.1) is 17.3 Å². The van der Waals surface area contributed by atoms with Crippen LogP contribution in [0.5, 0.6) is 0 Å². The number of hydrogen-bond donors (Lipinski definition) is 0. The average molecular weight is 590 g/mol. The van der Waals surface area contributed by atoms with Crippen molar-refractivity contribution in [3.63, 3.8) is 0 Å². The Morgan fingerprint density at radius 1 is 0.900 bits per heavy atom. The molecule has 0 N–H and O–H groups in total. The second kappa shape index (κ2) is 10.2. The van der Waals surface area contributed by atoms with Gasteiger partial charge in [0.15, 0.2) is 19.0 Å². The fourth-order valence-electron chi connectivity index (χ4n) is 7.12. The minimum absolute atomic E-state index is 0.0730. The molecule has 0 unspecified atom stereocenters. The summed E-state index contributed by atoms with van der Waals surface area (Å²) in [4.78, 5) is 25.2. The van der Waals surface area contributed by atoms with Crippen molar-refractivity contribution in [1.82, 2.24) is 0 Å². The van der Waals surface area contributed by atoms with E-state index < -0.39 is 43.9 Å². The number of Topliss-reactive ketones (excluding diaryl/α,β-unsaturated/α-hetero) is 1. The third kappa shape index (κ3) is 5.61. The van der Waals surface area contributed by atoms with Gasteiger partial charge in [-0.2, -0.15) is 26.3 Å². The van der Waals surface area contributed by atoms with Crippen molar-refractivity contribution < 1.29 is 49.5 Å². The third-order valence-corrected chi connectivity index (χ3v) is 10.7. The molecule has 1 aromatic carbocycles. The molecule has 0 saturated heterocycles. The van der Waals surface area contributed by atoms with Crippen molar-refractivity contribution in [1.29, 1.82) is 0 Å². The molecule has 2 fully saturated rings. The quantitative estimate of drug-likeness (QED) is 0.261. The van der Waals surface area contributed by atoms with Crippen molar-refractivity contribution in [3.8, 4) is 0 Å². The lowest BCUT2D eigenvalue weighted by Gasteiger charge is -2.50. The van der Waals surface area contributed by atoms with Gasteiger partial charge in [0, 0.05) is 24.2 Å². The lowest BCUT2D eigenvalue weighted by Crippen LogP contribution is -2.43. The molecular formula is C28H29F6O5P. The summed E-state index contributed by atoms with van der Waals surface area (Å²) < 4.78 is 98.8. The first-order chi connectivity index (χ1) is 18.6. The summed E-state index contributed by atoms with van der Waals surface area (Å²) in [5, 5.41) is -0.428. The first kappa shape index (κ1) is 29.3. The van der Waals surface area contributed by atoms with Crippen molar-refractivity contribution in [3.05, 3.63) is 52.6 Å². The molecule has 4 atom stereocenters. The molecule has 0 amide bonds. The van der Waals surface area contributed by atoms with Gasteiger partial charge in [0.1, 0.15) is 5.78 Å². The molecule has 218 valence electrons. The van der Waals surface area contributed by atoms with Gasteiger partial charge in [-0.25, -0.2) is 0 Å². The van der Waals surface area contributed by atoms with E-state index in [1.54, 1.807) is 6.08 Å². The molecule has 5 rings (SSSR count). The lowest BCUT2D eigenvalue weighted by atomic mass is 9.53. The summed E-state index contributed by atoms with van der Waals surface area (Å²) in [7, 11) is -4.98. The Hall–Kier alpha value is -2.23. The molecular weight excluding hydrogens is 561 g/mol. The van der Waals surface area contributed by atoms with E-state index in [9.17, 15) is 40.5 Å². The van der Waals surface area contributed by atoms with Crippen molar-refractivity contribution >= 4 is 24.5 Å². The monoisotopic (exact) mass is 590 g/mol. The summed E-state index contributed by atoms with van der Waals surface area (Å²) in [6.45, 7) is -2.10. The van der Waals surface area contributed by atoms with Crippen LogP contribution in [0.2, 0.25) is 0 Å². The highest BCUT2D eigenvalue weighted by Gasteiger charge is 2.56. The second-order valence-corrected chi connectivity index (χ2v) is 13.4. The number of fused-ring (bicyclic) bond motifs is 4. The Bertz CT molecular complexity index is 1290. The van der Waals surface area contributed by atoms with Crippen LogP contribution in [-0.2, 0) is 23.2 Å². The highest BCUT2D eigenvalue weighted by molar-refractivity contribution is 7.62. The van der Waals surface area contributed by atoms with Crippen LogP contribution >= 0.6 is 7.60 Å². The standard InChI is InChI=1S/C28H29F6O5P/c1-26-13-22(25-20-9-5-18(35)12-17(20)4-8-21(25)23(26)10-11-24(26)36)16-2-6-19(7-3-16)40(37,38-14-27(29,30)31)39-15-28(32,33)34/h2-3,6-7,12,21-23H,4-5,8-11,13-15H2,1H3/t21-,22+,23-,26-/m0/s1. The predicted octanol–water partition coefficient (Wildman–Crippen LogP) is 7.13. The van der Waals surface area contributed by atoms with Gasteiger partial charge in [-0.15, -0.1) is 0 Å². The predicted molar refractivity (Wildman–Crippen MR) is 133 cm³/mol. The topological polar surface area (TPSA) is 69.7 Å². The van der Waals surface area contributed by atoms with E-state index in [0.29, 0.717) is 31.2 Å². The molecule has 40 heavy (non-hydrogen) atoms. The first-order valence-corrected chi connectivity index (χ1v) is 14.8. The third-order valence-electron chi connectivity index (χ3n) is 8.85. The number of alkyl halides is 6. The maximum absolute atomic E-state index is 13.1.